The summed E-state index contributed by atoms with van der Waals surface area (Å²) in [7, 11) is 2.16. The first-order chi connectivity index (χ1) is 8.83. The summed E-state index contributed by atoms with van der Waals surface area (Å²) in [6.07, 6.45) is 5.02. The van der Waals surface area contributed by atoms with E-state index < -0.39 is 0 Å². The second-order valence-electron chi connectivity index (χ2n) is 4.85. The number of likely N-dealkylation sites (tertiary alicyclic amines) is 1. The minimum atomic E-state index is 0.500. The molecule has 0 amide bonds. The van der Waals surface area contributed by atoms with Gasteiger partial charge in [0, 0.05) is 30.7 Å². The largest absolute Gasteiger partial charge is 0.351 e. The van der Waals surface area contributed by atoms with E-state index in [1.54, 1.807) is 0 Å². The molecule has 1 aliphatic heterocycles. The smallest absolute Gasteiger partial charge is 0.207 e. The lowest BCUT2D eigenvalue weighted by Gasteiger charge is -2.15. The molecule has 1 aliphatic rings. The number of nitrogens with one attached hydrogen (secondary N) is 1. The van der Waals surface area contributed by atoms with Gasteiger partial charge < -0.3 is 10.2 Å². The van der Waals surface area contributed by atoms with E-state index in [2.05, 4.69) is 38.9 Å². The van der Waals surface area contributed by atoms with Crippen LogP contribution < -0.4 is 5.32 Å². The zero-order chi connectivity index (χ0) is 12.4. The summed E-state index contributed by atoms with van der Waals surface area (Å²) in [4.78, 5) is 6.76. The molecule has 2 aromatic rings. The fourth-order valence-corrected chi connectivity index (χ4v) is 2.44. The third kappa shape index (κ3) is 2.24. The highest BCUT2D eigenvalue weighted by molar-refractivity contribution is 5.42. The average molecular weight is 242 g/mol. The van der Waals surface area contributed by atoms with Gasteiger partial charge in [-0.05, 0) is 32.1 Å². The molecule has 0 saturated carbocycles. The van der Waals surface area contributed by atoms with E-state index in [1.165, 1.54) is 6.42 Å². The molecule has 18 heavy (non-hydrogen) atoms. The van der Waals surface area contributed by atoms with Crippen LogP contribution in [0.15, 0.2) is 42.7 Å². The Kier molecular flexibility index (Phi) is 3.02. The van der Waals surface area contributed by atoms with Crippen molar-refractivity contribution in [3.63, 3.8) is 0 Å². The molecule has 0 spiro atoms. The standard InChI is InChI=1S/C14H18N4/c1-17-9-7-12(11-17)16-14-15-8-10-18(14)13-5-3-2-4-6-13/h2-6,8,10,12H,7,9,11H2,1H3,(H,15,16). The van der Waals surface area contributed by atoms with Crippen LogP contribution in [-0.2, 0) is 0 Å². The van der Waals surface area contributed by atoms with Crippen LogP contribution in [0.3, 0.4) is 0 Å². The quantitative estimate of drug-likeness (QED) is 0.893. The topological polar surface area (TPSA) is 33.1 Å². The van der Waals surface area contributed by atoms with Gasteiger partial charge in [0.15, 0.2) is 0 Å². The highest BCUT2D eigenvalue weighted by atomic mass is 15.2. The monoisotopic (exact) mass is 242 g/mol. The molecule has 4 nitrogen and oxygen atoms in total. The van der Waals surface area contributed by atoms with Crippen LogP contribution in [0.25, 0.3) is 5.69 Å². The minimum absolute atomic E-state index is 0.500. The number of imidazole rings is 1. The summed E-state index contributed by atoms with van der Waals surface area (Å²) >= 11 is 0. The predicted octanol–water partition coefficient (Wildman–Crippen LogP) is 1.99. The minimum Gasteiger partial charge on any atom is -0.351 e. The Morgan fingerprint density at radius 3 is 2.83 bits per heavy atom. The van der Waals surface area contributed by atoms with Gasteiger partial charge in [0.2, 0.25) is 5.95 Å². The number of para-hydroxylation sites is 1. The normalized spacial score (nSPS) is 20.2. The van der Waals surface area contributed by atoms with Gasteiger partial charge in [-0.25, -0.2) is 4.98 Å². The van der Waals surface area contributed by atoms with Crippen molar-refractivity contribution in [2.75, 3.05) is 25.5 Å². The van der Waals surface area contributed by atoms with Crippen molar-refractivity contribution in [3.05, 3.63) is 42.7 Å². The van der Waals surface area contributed by atoms with Crippen molar-refractivity contribution in [2.24, 2.45) is 0 Å². The highest BCUT2D eigenvalue weighted by Crippen LogP contribution is 2.17. The van der Waals surface area contributed by atoms with E-state index in [0.29, 0.717) is 6.04 Å². The van der Waals surface area contributed by atoms with Crippen LogP contribution >= 0.6 is 0 Å². The van der Waals surface area contributed by atoms with E-state index in [9.17, 15) is 0 Å². The van der Waals surface area contributed by atoms with Gasteiger partial charge in [-0.2, -0.15) is 0 Å². The maximum Gasteiger partial charge on any atom is 0.207 e. The molecule has 1 fully saturated rings. The molecule has 1 aromatic carbocycles. The molecule has 1 atom stereocenters. The molecule has 0 radical (unpaired) electrons. The molecule has 2 heterocycles. The summed E-state index contributed by atoms with van der Waals surface area (Å²) in [6, 6.07) is 10.8. The van der Waals surface area contributed by atoms with E-state index in [1.807, 2.05) is 30.6 Å². The zero-order valence-corrected chi connectivity index (χ0v) is 10.6. The number of hydrogen-bond donors (Lipinski definition) is 1. The van der Waals surface area contributed by atoms with E-state index in [-0.39, 0.29) is 0 Å². The lowest BCUT2D eigenvalue weighted by Crippen LogP contribution is -2.25. The van der Waals surface area contributed by atoms with Gasteiger partial charge in [-0.1, -0.05) is 18.2 Å². The number of hydrogen-bond acceptors (Lipinski definition) is 3. The predicted molar refractivity (Wildman–Crippen MR) is 73.1 cm³/mol. The Labute approximate surface area is 107 Å². The first-order valence-corrected chi connectivity index (χ1v) is 6.37. The lowest BCUT2D eigenvalue weighted by atomic mass is 10.3. The summed E-state index contributed by atoms with van der Waals surface area (Å²) < 4.78 is 2.10. The third-order valence-corrected chi connectivity index (χ3v) is 3.40. The summed E-state index contributed by atoms with van der Waals surface area (Å²) in [5, 5.41) is 3.53. The Morgan fingerprint density at radius 2 is 2.11 bits per heavy atom. The molecule has 4 heteroatoms. The van der Waals surface area contributed by atoms with Crippen molar-refractivity contribution in [3.8, 4) is 5.69 Å². The van der Waals surface area contributed by atoms with Crippen molar-refractivity contribution in [1.29, 1.82) is 0 Å². The first kappa shape index (κ1) is 11.3. The molecule has 3 rings (SSSR count). The Hall–Kier alpha value is -1.81. The van der Waals surface area contributed by atoms with E-state index in [0.717, 1.165) is 24.7 Å². The summed E-state index contributed by atoms with van der Waals surface area (Å²) in [5.74, 6) is 0.932. The van der Waals surface area contributed by atoms with Crippen LogP contribution in [0.2, 0.25) is 0 Å². The number of likely N-dealkylation sites (N-methyl/N-ethyl adjacent to an activating group) is 1. The maximum atomic E-state index is 4.41. The molecular weight excluding hydrogens is 224 g/mol. The second kappa shape index (κ2) is 4.82. The maximum absolute atomic E-state index is 4.41. The average Bonchev–Trinajstić information content (AvgIpc) is 3.00. The Bertz CT molecular complexity index is 506. The molecule has 1 N–H and O–H groups in total. The molecule has 1 unspecified atom stereocenters. The van der Waals surface area contributed by atoms with Crippen LogP contribution in [0.4, 0.5) is 5.95 Å². The summed E-state index contributed by atoms with van der Waals surface area (Å²) in [6.45, 7) is 2.24. The fraction of sp³-hybridized carbons (Fsp3) is 0.357. The SMILES string of the molecule is CN1CCC(Nc2nccn2-c2ccccc2)C1. The van der Waals surface area contributed by atoms with Crippen LogP contribution in [-0.4, -0.2) is 40.6 Å². The number of nitrogens with zero attached hydrogens (tertiary/aromatic N) is 3. The van der Waals surface area contributed by atoms with Crippen LogP contribution in [0, 0.1) is 0 Å². The van der Waals surface area contributed by atoms with Gasteiger partial charge in [-0.15, -0.1) is 0 Å². The Balaban J connectivity index is 1.80. The van der Waals surface area contributed by atoms with E-state index in [4.69, 9.17) is 0 Å². The highest BCUT2D eigenvalue weighted by Gasteiger charge is 2.20. The van der Waals surface area contributed by atoms with E-state index >= 15 is 0 Å². The van der Waals surface area contributed by atoms with Gasteiger partial charge in [0.25, 0.3) is 0 Å². The molecule has 0 bridgehead atoms. The number of benzene rings is 1. The number of rotatable bonds is 3. The van der Waals surface area contributed by atoms with Gasteiger partial charge in [0.05, 0.1) is 0 Å². The van der Waals surface area contributed by atoms with Crippen molar-refractivity contribution in [1.82, 2.24) is 14.5 Å². The van der Waals surface area contributed by atoms with Crippen molar-refractivity contribution in [2.45, 2.75) is 12.5 Å². The third-order valence-electron chi connectivity index (χ3n) is 3.40. The number of aromatic nitrogens is 2. The summed E-state index contributed by atoms with van der Waals surface area (Å²) in [5.41, 5.74) is 1.14. The molecule has 94 valence electrons. The van der Waals surface area contributed by atoms with Gasteiger partial charge in [-0.3, -0.25) is 4.57 Å². The zero-order valence-electron chi connectivity index (χ0n) is 10.6. The van der Waals surface area contributed by atoms with Crippen molar-refractivity contribution < 1.29 is 0 Å². The molecular formula is C14H18N4. The van der Waals surface area contributed by atoms with Crippen molar-refractivity contribution >= 4 is 5.95 Å². The van der Waals surface area contributed by atoms with Crippen LogP contribution in [0.5, 0.6) is 0 Å². The van der Waals surface area contributed by atoms with Gasteiger partial charge in [0.1, 0.15) is 0 Å². The lowest BCUT2D eigenvalue weighted by molar-refractivity contribution is 0.414. The fourth-order valence-electron chi connectivity index (χ4n) is 2.44. The first-order valence-electron chi connectivity index (χ1n) is 6.37. The van der Waals surface area contributed by atoms with Crippen LogP contribution in [0.1, 0.15) is 6.42 Å². The molecule has 1 saturated heterocycles. The number of anilines is 1. The van der Waals surface area contributed by atoms with Gasteiger partial charge >= 0.3 is 0 Å². The molecule has 0 aliphatic carbocycles. The molecule has 1 aromatic heterocycles. The Morgan fingerprint density at radius 1 is 1.28 bits per heavy atom. The second-order valence-corrected chi connectivity index (χ2v) is 4.85.